The average Bonchev–Trinajstić information content (AvgIpc) is 2.80. The van der Waals surface area contributed by atoms with E-state index in [1.807, 2.05) is 24.3 Å². The molecule has 2 rings (SSSR count). The van der Waals surface area contributed by atoms with Gasteiger partial charge in [-0.15, -0.1) is 11.8 Å². The molecule has 3 heteroatoms. The predicted molar refractivity (Wildman–Crippen MR) is 64.8 cm³/mol. The van der Waals surface area contributed by atoms with Gasteiger partial charge in [-0.1, -0.05) is 12.1 Å². The van der Waals surface area contributed by atoms with Crippen LogP contribution in [-0.4, -0.2) is 0 Å². The topological polar surface area (TPSA) is 13.1 Å². The van der Waals surface area contributed by atoms with Gasteiger partial charge < -0.3 is 4.42 Å². The molecule has 1 aromatic carbocycles. The fourth-order valence-electron chi connectivity index (χ4n) is 1.43. The molecule has 1 heterocycles. The maximum atomic E-state index is 12.7. The maximum absolute atomic E-state index is 12.7. The zero-order valence-corrected chi connectivity index (χ0v) is 9.84. The monoisotopic (exact) mass is 236 g/mol. The van der Waals surface area contributed by atoms with E-state index in [1.54, 1.807) is 18.0 Å². The molecule has 0 saturated heterocycles. The van der Waals surface area contributed by atoms with Gasteiger partial charge in [-0.05, 0) is 36.8 Å². The fraction of sp³-hybridized carbons (Fsp3) is 0.231. The first-order valence-electron chi connectivity index (χ1n) is 5.15. The Labute approximate surface area is 98.7 Å². The van der Waals surface area contributed by atoms with E-state index < -0.39 is 0 Å². The number of benzene rings is 1. The van der Waals surface area contributed by atoms with Crippen LogP contribution in [-0.2, 0) is 5.75 Å². The van der Waals surface area contributed by atoms with E-state index >= 15 is 0 Å². The van der Waals surface area contributed by atoms with Crippen molar-refractivity contribution in [3.05, 3.63) is 59.8 Å². The van der Waals surface area contributed by atoms with Crippen molar-refractivity contribution in [2.75, 3.05) is 0 Å². The van der Waals surface area contributed by atoms with Gasteiger partial charge in [-0.2, -0.15) is 0 Å². The summed E-state index contributed by atoms with van der Waals surface area (Å²) in [5.41, 5.74) is 1.14. The second-order valence-corrected chi connectivity index (χ2v) is 4.91. The van der Waals surface area contributed by atoms with Crippen LogP contribution in [0, 0.1) is 5.82 Å². The van der Waals surface area contributed by atoms with Gasteiger partial charge in [0.2, 0.25) is 0 Å². The first-order chi connectivity index (χ1) is 7.75. The van der Waals surface area contributed by atoms with Gasteiger partial charge in [0, 0.05) is 5.25 Å². The van der Waals surface area contributed by atoms with Crippen LogP contribution in [0.25, 0.3) is 0 Å². The number of furan rings is 1. The minimum atomic E-state index is -0.188. The number of rotatable bonds is 4. The Morgan fingerprint density at radius 3 is 2.62 bits per heavy atom. The van der Waals surface area contributed by atoms with Crippen LogP contribution in [0.5, 0.6) is 0 Å². The molecule has 1 aromatic heterocycles. The van der Waals surface area contributed by atoms with Crippen molar-refractivity contribution in [3.8, 4) is 0 Å². The number of hydrogen-bond donors (Lipinski definition) is 0. The van der Waals surface area contributed by atoms with Crippen molar-refractivity contribution >= 4 is 11.8 Å². The van der Waals surface area contributed by atoms with E-state index in [1.165, 1.54) is 12.1 Å². The van der Waals surface area contributed by atoms with Gasteiger partial charge >= 0.3 is 0 Å². The quantitative estimate of drug-likeness (QED) is 0.779. The first-order valence-corrected chi connectivity index (χ1v) is 6.20. The lowest BCUT2D eigenvalue weighted by atomic mass is 10.2. The first kappa shape index (κ1) is 11.3. The molecule has 1 unspecified atom stereocenters. The fourth-order valence-corrected chi connectivity index (χ4v) is 2.36. The minimum Gasteiger partial charge on any atom is -0.468 e. The molecule has 0 radical (unpaired) electrons. The third kappa shape index (κ3) is 2.89. The normalized spacial score (nSPS) is 12.6. The smallest absolute Gasteiger partial charge is 0.123 e. The third-order valence-corrected chi connectivity index (χ3v) is 3.62. The lowest BCUT2D eigenvalue weighted by Crippen LogP contribution is -1.89. The molecule has 0 aliphatic rings. The summed E-state index contributed by atoms with van der Waals surface area (Å²) in [5, 5.41) is 0.339. The van der Waals surface area contributed by atoms with Crippen LogP contribution in [0.15, 0.2) is 47.1 Å². The summed E-state index contributed by atoms with van der Waals surface area (Å²) in [7, 11) is 0. The van der Waals surface area contributed by atoms with Crippen molar-refractivity contribution in [2.45, 2.75) is 17.9 Å². The molecule has 0 bridgehead atoms. The zero-order chi connectivity index (χ0) is 11.4. The third-order valence-electron chi connectivity index (χ3n) is 2.40. The summed E-state index contributed by atoms with van der Waals surface area (Å²) in [6, 6.07) is 10.5. The molecular formula is C13H13FOS. The highest BCUT2D eigenvalue weighted by Crippen LogP contribution is 2.30. The van der Waals surface area contributed by atoms with Gasteiger partial charge in [-0.3, -0.25) is 0 Å². The molecule has 0 saturated carbocycles. The molecule has 0 spiro atoms. The van der Waals surface area contributed by atoms with Crippen LogP contribution in [0.2, 0.25) is 0 Å². The second kappa shape index (κ2) is 5.21. The maximum Gasteiger partial charge on any atom is 0.123 e. The summed E-state index contributed by atoms with van der Waals surface area (Å²) < 4.78 is 18.0. The van der Waals surface area contributed by atoms with Crippen LogP contribution in [0.3, 0.4) is 0 Å². The Hall–Kier alpha value is -1.22. The Kier molecular flexibility index (Phi) is 3.67. The summed E-state index contributed by atoms with van der Waals surface area (Å²) >= 11 is 1.78. The molecule has 1 nitrogen and oxygen atoms in total. The largest absolute Gasteiger partial charge is 0.468 e. The van der Waals surface area contributed by atoms with E-state index in [0.717, 1.165) is 17.1 Å². The van der Waals surface area contributed by atoms with Crippen LogP contribution in [0.1, 0.15) is 23.5 Å². The van der Waals surface area contributed by atoms with Gasteiger partial charge in [-0.25, -0.2) is 4.39 Å². The summed E-state index contributed by atoms with van der Waals surface area (Å²) in [6.45, 7) is 2.11. The van der Waals surface area contributed by atoms with E-state index in [2.05, 4.69) is 6.92 Å². The molecule has 1 atom stereocenters. The molecule has 84 valence electrons. The van der Waals surface area contributed by atoms with Crippen molar-refractivity contribution in [1.82, 2.24) is 0 Å². The summed E-state index contributed by atoms with van der Waals surface area (Å²) in [4.78, 5) is 0. The highest BCUT2D eigenvalue weighted by Gasteiger charge is 2.07. The zero-order valence-electron chi connectivity index (χ0n) is 9.02. The minimum absolute atomic E-state index is 0.188. The molecule has 0 aliphatic carbocycles. The Morgan fingerprint density at radius 2 is 2.00 bits per heavy atom. The summed E-state index contributed by atoms with van der Waals surface area (Å²) in [5.74, 6) is 1.62. The van der Waals surface area contributed by atoms with Crippen LogP contribution < -0.4 is 0 Å². The van der Waals surface area contributed by atoms with Gasteiger partial charge in [0.1, 0.15) is 11.6 Å². The highest BCUT2D eigenvalue weighted by molar-refractivity contribution is 7.98. The van der Waals surface area contributed by atoms with Gasteiger partial charge in [0.15, 0.2) is 0 Å². The highest BCUT2D eigenvalue weighted by atomic mass is 32.2. The van der Waals surface area contributed by atoms with E-state index in [9.17, 15) is 4.39 Å². The number of halogens is 1. The molecule has 2 aromatic rings. The molecule has 0 fully saturated rings. The second-order valence-electron chi connectivity index (χ2n) is 3.58. The Morgan fingerprint density at radius 1 is 1.25 bits per heavy atom. The van der Waals surface area contributed by atoms with Crippen molar-refractivity contribution < 1.29 is 8.81 Å². The van der Waals surface area contributed by atoms with Crippen LogP contribution >= 0.6 is 11.8 Å². The number of thioether (sulfide) groups is 1. The molecule has 16 heavy (non-hydrogen) atoms. The Bertz CT molecular complexity index is 422. The van der Waals surface area contributed by atoms with Crippen molar-refractivity contribution in [3.63, 3.8) is 0 Å². The van der Waals surface area contributed by atoms with E-state index in [0.29, 0.717) is 5.25 Å². The van der Waals surface area contributed by atoms with E-state index in [-0.39, 0.29) is 5.82 Å². The van der Waals surface area contributed by atoms with Gasteiger partial charge in [0.25, 0.3) is 0 Å². The number of hydrogen-bond acceptors (Lipinski definition) is 2. The Balaban J connectivity index is 1.93. The standard InChI is InChI=1S/C13H13FOS/c1-10(11-4-6-12(14)7-5-11)16-9-13-3-2-8-15-13/h2-8,10H,9H2,1H3. The summed E-state index contributed by atoms with van der Waals surface area (Å²) in [6.07, 6.45) is 1.68. The van der Waals surface area contributed by atoms with Crippen molar-refractivity contribution in [1.29, 1.82) is 0 Å². The lowest BCUT2D eigenvalue weighted by molar-refractivity contribution is 0.530. The van der Waals surface area contributed by atoms with E-state index in [4.69, 9.17) is 4.42 Å². The van der Waals surface area contributed by atoms with Crippen molar-refractivity contribution in [2.24, 2.45) is 0 Å². The van der Waals surface area contributed by atoms with Gasteiger partial charge in [0.05, 0.1) is 12.0 Å². The molecule has 0 amide bonds. The molecule has 0 N–H and O–H groups in total. The average molecular weight is 236 g/mol. The molecular weight excluding hydrogens is 223 g/mol. The predicted octanol–water partition coefficient (Wildman–Crippen LogP) is 4.41. The van der Waals surface area contributed by atoms with Crippen LogP contribution in [0.4, 0.5) is 4.39 Å². The lowest BCUT2D eigenvalue weighted by Gasteiger charge is -2.10. The SMILES string of the molecule is CC(SCc1ccco1)c1ccc(F)cc1. The molecule has 0 aliphatic heterocycles.